The summed E-state index contributed by atoms with van der Waals surface area (Å²) in [6.07, 6.45) is 10.4. The molecule has 11 nitrogen and oxygen atoms in total. The van der Waals surface area contributed by atoms with Crippen molar-refractivity contribution in [2.24, 2.45) is 22.4 Å². The van der Waals surface area contributed by atoms with E-state index in [9.17, 15) is 14.4 Å². The maximum absolute atomic E-state index is 13.5. The number of carbonyl (C=O) groups excluding carboxylic acids is 2. The number of hydrogen-bond donors (Lipinski definition) is 5. The standard InChI is InChI=1S/C22H40N6O5/c23-22(24)25-11-6-12-27-33-20(31)15-28(17-9-4-5-10-17)21(32)18(26-14-19(29)30)13-16-7-2-1-3-8-16/h16-18,26-27H,1-15H2,(H,29,30)(H4,23,24,25)/t18-/m1/s1. The van der Waals surface area contributed by atoms with Crippen LogP contribution >= 0.6 is 0 Å². The van der Waals surface area contributed by atoms with E-state index >= 15 is 0 Å². The van der Waals surface area contributed by atoms with Crippen LogP contribution in [0.3, 0.4) is 0 Å². The third kappa shape index (κ3) is 10.4. The van der Waals surface area contributed by atoms with Crippen LogP contribution in [-0.4, -0.2) is 72.1 Å². The van der Waals surface area contributed by atoms with Crippen molar-refractivity contribution in [2.45, 2.75) is 82.7 Å². The highest BCUT2D eigenvalue weighted by molar-refractivity contribution is 5.86. The van der Waals surface area contributed by atoms with Crippen LogP contribution in [0.1, 0.15) is 70.6 Å². The Labute approximate surface area is 195 Å². The van der Waals surface area contributed by atoms with E-state index in [4.69, 9.17) is 21.4 Å². The van der Waals surface area contributed by atoms with Gasteiger partial charge in [-0.3, -0.25) is 19.9 Å². The van der Waals surface area contributed by atoms with Crippen LogP contribution in [0.15, 0.2) is 4.99 Å². The van der Waals surface area contributed by atoms with Gasteiger partial charge in [-0.05, 0) is 31.6 Å². The minimum Gasteiger partial charge on any atom is -0.480 e. The van der Waals surface area contributed by atoms with E-state index in [0.29, 0.717) is 31.8 Å². The van der Waals surface area contributed by atoms with Crippen LogP contribution in [0.25, 0.3) is 0 Å². The number of carboxylic acids is 1. The highest BCUT2D eigenvalue weighted by Crippen LogP contribution is 2.29. The molecule has 0 aliphatic heterocycles. The number of amides is 1. The summed E-state index contributed by atoms with van der Waals surface area (Å²) >= 11 is 0. The molecule has 33 heavy (non-hydrogen) atoms. The molecule has 0 bridgehead atoms. The predicted molar refractivity (Wildman–Crippen MR) is 124 cm³/mol. The molecule has 0 unspecified atom stereocenters. The Balaban J connectivity index is 1.96. The van der Waals surface area contributed by atoms with E-state index in [1.807, 2.05) is 0 Å². The van der Waals surface area contributed by atoms with Gasteiger partial charge in [0, 0.05) is 19.1 Å². The minimum absolute atomic E-state index is 0.0111. The number of hydrogen-bond acceptors (Lipinski definition) is 7. The highest BCUT2D eigenvalue weighted by Gasteiger charge is 2.34. The third-order valence-electron chi connectivity index (χ3n) is 6.36. The van der Waals surface area contributed by atoms with Gasteiger partial charge in [-0.1, -0.05) is 44.9 Å². The van der Waals surface area contributed by atoms with Gasteiger partial charge in [-0.2, -0.15) is 5.48 Å². The lowest BCUT2D eigenvalue weighted by Crippen LogP contribution is -2.53. The molecule has 0 saturated heterocycles. The van der Waals surface area contributed by atoms with Crippen LogP contribution < -0.4 is 22.3 Å². The smallest absolute Gasteiger partial charge is 0.344 e. The fourth-order valence-electron chi connectivity index (χ4n) is 4.70. The molecule has 0 radical (unpaired) electrons. The first-order chi connectivity index (χ1) is 15.9. The van der Waals surface area contributed by atoms with Crippen molar-refractivity contribution in [3.8, 4) is 0 Å². The SMILES string of the molecule is NC(N)=NCCCNOC(=O)CN(C(=O)[C@@H](CC1CCCCC1)NCC(=O)O)C1CCCC1. The Morgan fingerprint density at radius 3 is 2.36 bits per heavy atom. The largest absolute Gasteiger partial charge is 0.480 e. The average Bonchev–Trinajstić information content (AvgIpc) is 3.32. The lowest BCUT2D eigenvalue weighted by molar-refractivity contribution is -0.157. The van der Waals surface area contributed by atoms with Crippen molar-refractivity contribution in [3.63, 3.8) is 0 Å². The van der Waals surface area contributed by atoms with E-state index in [-0.39, 0.29) is 31.0 Å². The molecule has 0 heterocycles. The van der Waals surface area contributed by atoms with Gasteiger partial charge in [0.05, 0.1) is 12.6 Å². The molecule has 0 aromatic rings. The van der Waals surface area contributed by atoms with Crippen molar-refractivity contribution < 1.29 is 24.3 Å². The summed E-state index contributed by atoms with van der Waals surface area (Å²) in [5.41, 5.74) is 13.1. The summed E-state index contributed by atoms with van der Waals surface area (Å²) in [5, 5.41) is 12.1. The topological polar surface area (TPSA) is 172 Å². The normalized spacial score (nSPS) is 17.9. The first kappa shape index (κ1) is 26.8. The zero-order valence-corrected chi connectivity index (χ0v) is 19.5. The minimum atomic E-state index is -1.01. The maximum atomic E-state index is 13.5. The molecule has 11 heteroatoms. The average molecular weight is 469 g/mol. The second kappa shape index (κ2) is 14.7. The zero-order valence-electron chi connectivity index (χ0n) is 19.5. The van der Waals surface area contributed by atoms with Crippen molar-refractivity contribution in [1.82, 2.24) is 15.7 Å². The first-order valence-corrected chi connectivity index (χ1v) is 12.1. The summed E-state index contributed by atoms with van der Waals surface area (Å²) in [6.45, 7) is 0.339. The molecule has 0 aromatic carbocycles. The quantitative estimate of drug-likeness (QED) is 0.105. The Morgan fingerprint density at radius 2 is 1.73 bits per heavy atom. The van der Waals surface area contributed by atoms with Crippen LogP contribution in [0, 0.1) is 5.92 Å². The van der Waals surface area contributed by atoms with Gasteiger partial charge in [-0.25, -0.2) is 4.79 Å². The molecular formula is C22H40N6O5. The van der Waals surface area contributed by atoms with Gasteiger partial charge in [0.15, 0.2) is 5.96 Å². The van der Waals surface area contributed by atoms with Crippen LogP contribution in [0.4, 0.5) is 0 Å². The van der Waals surface area contributed by atoms with Gasteiger partial charge < -0.3 is 26.3 Å². The first-order valence-electron chi connectivity index (χ1n) is 12.1. The van der Waals surface area contributed by atoms with E-state index in [1.165, 1.54) is 6.42 Å². The number of aliphatic carboxylic acids is 1. The predicted octanol–water partition coefficient (Wildman–Crippen LogP) is 0.482. The number of nitrogens with zero attached hydrogens (tertiary/aromatic N) is 2. The summed E-state index contributed by atoms with van der Waals surface area (Å²) in [4.78, 5) is 47.7. The van der Waals surface area contributed by atoms with E-state index in [0.717, 1.165) is 51.4 Å². The molecule has 188 valence electrons. The second-order valence-electron chi connectivity index (χ2n) is 9.00. The molecule has 2 rings (SSSR count). The molecule has 2 aliphatic carbocycles. The molecule has 2 saturated carbocycles. The lowest BCUT2D eigenvalue weighted by Gasteiger charge is -2.33. The Hall–Kier alpha value is -2.40. The number of aliphatic imine (C=N–C) groups is 1. The van der Waals surface area contributed by atoms with Gasteiger partial charge in [-0.15, -0.1) is 0 Å². The summed E-state index contributed by atoms with van der Waals surface area (Å²) in [7, 11) is 0. The van der Waals surface area contributed by atoms with Gasteiger partial charge in [0.25, 0.3) is 0 Å². The highest BCUT2D eigenvalue weighted by atomic mass is 16.7. The van der Waals surface area contributed by atoms with Crippen molar-refractivity contribution >= 4 is 23.8 Å². The van der Waals surface area contributed by atoms with Crippen molar-refractivity contribution in [3.05, 3.63) is 0 Å². The molecule has 7 N–H and O–H groups in total. The van der Waals surface area contributed by atoms with Crippen LogP contribution in [0.2, 0.25) is 0 Å². The number of nitrogens with one attached hydrogen (secondary N) is 2. The molecular weight excluding hydrogens is 428 g/mol. The lowest BCUT2D eigenvalue weighted by atomic mass is 9.84. The fraction of sp³-hybridized carbons (Fsp3) is 0.818. The summed E-state index contributed by atoms with van der Waals surface area (Å²) < 4.78 is 0. The van der Waals surface area contributed by atoms with Crippen molar-refractivity contribution in [2.75, 3.05) is 26.2 Å². The van der Waals surface area contributed by atoms with Crippen LogP contribution in [-0.2, 0) is 19.2 Å². The zero-order chi connectivity index (χ0) is 24.1. The summed E-state index contributed by atoms with van der Waals surface area (Å²) in [5.74, 6) is -1.37. The van der Waals surface area contributed by atoms with Gasteiger partial charge in [0.1, 0.15) is 6.54 Å². The number of nitrogens with two attached hydrogens (primary N) is 2. The van der Waals surface area contributed by atoms with E-state index < -0.39 is 18.0 Å². The Bertz CT molecular complexity index is 658. The van der Waals surface area contributed by atoms with E-state index in [1.54, 1.807) is 4.90 Å². The maximum Gasteiger partial charge on any atom is 0.344 e. The van der Waals surface area contributed by atoms with Crippen molar-refractivity contribution in [1.29, 1.82) is 0 Å². The Kier molecular flexibility index (Phi) is 12.0. The molecule has 1 amide bonds. The summed E-state index contributed by atoms with van der Waals surface area (Å²) in [6, 6.07) is -0.655. The fourth-order valence-corrected chi connectivity index (χ4v) is 4.70. The number of hydroxylamine groups is 1. The molecule has 1 atom stereocenters. The van der Waals surface area contributed by atoms with Gasteiger partial charge >= 0.3 is 11.9 Å². The number of carbonyl (C=O) groups is 3. The molecule has 0 aromatic heterocycles. The van der Waals surface area contributed by atoms with Crippen LogP contribution in [0.5, 0.6) is 0 Å². The monoisotopic (exact) mass is 468 g/mol. The van der Waals surface area contributed by atoms with Gasteiger partial charge in [0.2, 0.25) is 5.91 Å². The molecule has 2 fully saturated rings. The van der Waals surface area contributed by atoms with E-state index in [2.05, 4.69) is 15.8 Å². The second-order valence-corrected chi connectivity index (χ2v) is 9.00. The number of rotatable bonds is 14. The Morgan fingerprint density at radius 1 is 1.06 bits per heavy atom. The number of guanidine groups is 1. The third-order valence-corrected chi connectivity index (χ3v) is 6.36. The molecule has 2 aliphatic rings. The molecule has 0 spiro atoms. The number of carboxylic acid groups (broad SMARTS) is 1.